The molecule has 8 aromatic rings. The summed E-state index contributed by atoms with van der Waals surface area (Å²) in [5.74, 6) is 0.946. The molecule has 0 atom stereocenters. The van der Waals surface area contributed by atoms with E-state index >= 15 is 0 Å². The Kier molecular flexibility index (Phi) is 7.31. The molecule has 1 heterocycles. The number of hydrogen-bond acceptors (Lipinski definition) is 1. The maximum Gasteiger partial charge on any atom is 0.145 e. The van der Waals surface area contributed by atoms with E-state index in [0.717, 1.165) is 53.8 Å². The van der Waals surface area contributed by atoms with Crippen LogP contribution in [0.3, 0.4) is 0 Å². The first-order valence-electron chi connectivity index (χ1n) is 21.4. The third-order valence-corrected chi connectivity index (χ3v) is 14.2. The lowest BCUT2D eigenvalue weighted by Gasteiger charge is -2.27. The van der Waals surface area contributed by atoms with Gasteiger partial charge in [-0.25, -0.2) is 4.98 Å². The van der Waals surface area contributed by atoms with E-state index in [0.29, 0.717) is 0 Å². The monoisotopic (exact) mass is 758 g/mol. The minimum atomic E-state index is -0.0862. The highest BCUT2D eigenvalue weighted by molar-refractivity contribution is 6.22. The summed E-state index contributed by atoms with van der Waals surface area (Å²) < 4.78 is 2.31. The first-order chi connectivity index (χ1) is 28.8. The van der Waals surface area contributed by atoms with Crippen LogP contribution in [0.4, 0.5) is 0 Å². The van der Waals surface area contributed by atoms with E-state index in [4.69, 9.17) is 4.98 Å². The summed E-state index contributed by atoms with van der Waals surface area (Å²) in [5.41, 5.74) is 21.1. The van der Waals surface area contributed by atoms with Gasteiger partial charge in [-0.1, -0.05) is 143 Å². The maximum absolute atomic E-state index is 5.29. The molecular formula is C57H46N2. The van der Waals surface area contributed by atoms with Crippen LogP contribution in [-0.2, 0) is 10.8 Å². The molecule has 0 fully saturated rings. The van der Waals surface area contributed by atoms with Crippen LogP contribution >= 0.6 is 0 Å². The molecule has 0 spiro atoms. The molecule has 0 unspecified atom stereocenters. The Bertz CT molecular complexity index is 3250. The van der Waals surface area contributed by atoms with Gasteiger partial charge in [-0.05, 0) is 157 Å². The summed E-state index contributed by atoms with van der Waals surface area (Å²) in [7, 11) is 0. The molecule has 0 saturated carbocycles. The summed E-state index contributed by atoms with van der Waals surface area (Å²) in [6, 6.07) is 50.0. The van der Waals surface area contributed by atoms with Crippen molar-refractivity contribution in [3.63, 3.8) is 0 Å². The molecule has 0 amide bonds. The molecular weight excluding hydrogens is 713 g/mol. The van der Waals surface area contributed by atoms with Crippen molar-refractivity contribution in [2.75, 3.05) is 0 Å². The molecule has 2 heteroatoms. The SMILES string of the molecule is CC1(C)C2=C(CCC=C2)c2cc3c(-c4ccc5c(c4)C(C)(C)C4=C5C=CCC4)c4ccccc4c(-c4cccc(-c5nc6ccccc6n5-c5ccccc5)c4)c3cc21. The third-order valence-electron chi connectivity index (χ3n) is 14.2. The first kappa shape index (κ1) is 34.5. The predicted octanol–water partition coefficient (Wildman–Crippen LogP) is 15.1. The first-order valence-corrected chi connectivity index (χ1v) is 21.4. The lowest BCUT2D eigenvalue weighted by atomic mass is 9.77. The largest absolute Gasteiger partial charge is 0.292 e. The predicted molar refractivity (Wildman–Crippen MR) is 249 cm³/mol. The summed E-state index contributed by atoms with van der Waals surface area (Å²) in [6.45, 7) is 9.74. The quantitative estimate of drug-likeness (QED) is 0.163. The van der Waals surface area contributed by atoms with E-state index in [1.807, 2.05) is 0 Å². The minimum Gasteiger partial charge on any atom is -0.292 e. The van der Waals surface area contributed by atoms with Gasteiger partial charge < -0.3 is 0 Å². The zero-order valence-electron chi connectivity index (χ0n) is 34.2. The number of aromatic nitrogens is 2. The van der Waals surface area contributed by atoms with Gasteiger partial charge >= 0.3 is 0 Å². The number of imidazole rings is 1. The highest BCUT2D eigenvalue weighted by Crippen LogP contribution is 2.55. The smallest absolute Gasteiger partial charge is 0.145 e. The Hall–Kier alpha value is -6.51. The number of fused-ring (bicyclic) bond motifs is 7. The number of hydrogen-bond donors (Lipinski definition) is 0. The molecule has 2 nitrogen and oxygen atoms in total. The van der Waals surface area contributed by atoms with Crippen molar-refractivity contribution in [2.45, 2.75) is 64.2 Å². The van der Waals surface area contributed by atoms with Gasteiger partial charge in [0.25, 0.3) is 0 Å². The van der Waals surface area contributed by atoms with Crippen molar-refractivity contribution in [3.8, 4) is 39.3 Å². The zero-order valence-corrected chi connectivity index (χ0v) is 34.2. The second kappa shape index (κ2) is 12.5. The highest BCUT2D eigenvalue weighted by Gasteiger charge is 2.39. The second-order valence-electron chi connectivity index (χ2n) is 18.1. The Labute approximate surface area is 346 Å². The second-order valence-corrected chi connectivity index (χ2v) is 18.1. The molecule has 12 rings (SSSR count). The topological polar surface area (TPSA) is 17.8 Å². The van der Waals surface area contributed by atoms with Crippen LogP contribution in [-0.4, -0.2) is 9.55 Å². The summed E-state index contributed by atoms with van der Waals surface area (Å²) in [5, 5.41) is 5.20. The van der Waals surface area contributed by atoms with Gasteiger partial charge in [-0.15, -0.1) is 0 Å². The molecule has 0 bridgehead atoms. The van der Waals surface area contributed by atoms with Crippen LogP contribution in [0.5, 0.6) is 0 Å². The van der Waals surface area contributed by atoms with Crippen molar-refractivity contribution in [1.29, 1.82) is 0 Å². The molecule has 0 radical (unpaired) electrons. The van der Waals surface area contributed by atoms with Crippen LogP contribution in [0.2, 0.25) is 0 Å². The lowest BCUT2D eigenvalue weighted by molar-refractivity contribution is 0.607. The Morgan fingerprint density at radius 3 is 2.03 bits per heavy atom. The van der Waals surface area contributed by atoms with E-state index in [-0.39, 0.29) is 10.8 Å². The molecule has 4 aliphatic carbocycles. The zero-order chi connectivity index (χ0) is 39.6. The molecule has 59 heavy (non-hydrogen) atoms. The number of allylic oxidation sites excluding steroid dienone is 8. The molecule has 284 valence electrons. The number of para-hydroxylation sites is 3. The van der Waals surface area contributed by atoms with Gasteiger partial charge in [0.2, 0.25) is 0 Å². The van der Waals surface area contributed by atoms with Crippen molar-refractivity contribution in [3.05, 3.63) is 191 Å². The van der Waals surface area contributed by atoms with E-state index in [9.17, 15) is 0 Å². The maximum atomic E-state index is 5.29. The van der Waals surface area contributed by atoms with E-state index in [1.54, 1.807) is 5.57 Å². The molecule has 0 saturated heterocycles. The van der Waals surface area contributed by atoms with Crippen molar-refractivity contribution < 1.29 is 0 Å². The Morgan fingerprint density at radius 1 is 0.525 bits per heavy atom. The fraction of sp³-hybridized carbons (Fsp3) is 0.175. The average Bonchev–Trinajstić information content (AvgIpc) is 3.85. The standard InChI is InChI=1S/C57H46N2/c1-56(2)47-25-12-10-21-39(47)41-30-29-36(32-49(41)56)54-43-24-9-8-23-42(43)53(46-34-50-44(33-45(46)54)40-22-11-13-26-48(40)57(50,3)4)35-17-16-18-37(31-35)55-58-51-27-14-15-28-52(51)59(55)38-19-6-5-7-20-38/h5-10,13-21,23-24,26-34H,11-12,22,25H2,1-4H3. The van der Waals surface area contributed by atoms with E-state index in [1.165, 1.54) is 82.8 Å². The Morgan fingerprint density at radius 2 is 1.20 bits per heavy atom. The van der Waals surface area contributed by atoms with Crippen LogP contribution in [0.15, 0.2) is 169 Å². The lowest BCUT2D eigenvalue weighted by Crippen LogP contribution is -2.17. The van der Waals surface area contributed by atoms with Crippen molar-refractivity contribution in [1.82, 2.24) is 9.55 Å². The van der Waals surface area contributed by atoms with Gasteiger partial charge in [0.1, 0.15) is 5.82 Å². The van der Waals surface area contributed by atoms with Crippen molar-refractivity contribution >= 4 is 43.7 Å². The van der Waals surface area contributed by atoms with E-state index < -0.39 is 0 Å². The molecule has 1 aromatic heterocycles. The van der Waals surface area contributed by atoms with Gasteiger partial charge in [-0.2, -0.15) is 0 Å². The van der Waals surface area contributed by atoms with Crippen molar-refractivity contribution in [2.24, 2.45) is 0 Å². The number of benzene rings is 7. The van der Waals surface area contributed by atoms with E-state index in [2.05, 4.69) is 190 Å². The van der Waals surface area contributed by atoms with Crippen LogP contribution in [0, 0.1) is 0 Å². The highest BCUT2D eigenvalue weighted by atomic mass is 15.1. The molecule has 4 aliphatic rings. The van der Waals surface area contributed by atoms with Gasteiger partial charge in [0.15, 0.2) is 0 Å². The normalized spacial score (nSPS) is 17.2. The fourth-order valence-corrected chi connectivity index (χ4v) is 11.3. The Balaban J connectivity index is 1.15. The molecule has 7 aromatic carbocycles. The summed E-state index contributed by atoms with van der Waals surface area (Å²) in [6.07, 6.45) is 14.0. The van der Waals surface area contributed by atoms with Crippen LogP contribution in [0.25, 0.3) is 83.1 Å². The summed E-state index contributed by atoms with van der Waals surface area (Å²) in [4.78, 5) is 5.29. The van der Waals surface area contributed by atoms with Gasteiger partial charge in [0.05, 0.1) is 11.0 Å². The van der Waals surface area contributed by atoms with Crippen LogP contribution in [0.1, 0.15) is 75.6 Å². The molecule has 0 aliphatic heterocycles. The summed E-state index contributed by atoms with van der Waals surface area (Å²) >= 11 is 0. The fourth-order valence-electron chi connectivity index (χ4n) is 11.3. The van der Waals surface area contributed by atoms with Gasteiger partial charge in [0, 0.05) is 22.1 Å². The average molecular weight is 759 g/mol. The number of rotatable bonds is 4. The number of nitrogens with zero attached hydrogens (tertiary/aromatic N) is 2. The molecule has 0 N–H and O–H groups in total. The van der Waals surface area contributed by atoms with Crippen LogP contribution < -0.4 is 0 Å². The minimum absolute atomic E-state index is 0.00685. The third kappa shape index (κ3) is 4.90. The van der Waals surface area contributed by atoms with Gasteiger partial charge in [-0.3, -0.25) is 4.57 Å².